The molecule has 0 unspecified atom stereocenters. The van der Waals surface area contributed by atoms with Crippen LogP contribution in [0.2, 0.25) is 0 Å². The maximum absolute atomic E-state index is 5.12. The van der Waals surface area contributed by atoms with Crippen LogP contribution in [0.5, 0.6) is 0 Å². The number of allylic oxidation sites excluding steroid dienone is 1. The second kappa shape index (κ2) is 9.74. The smallest absolute Gasteiger partial charge is 0.136 e. The summed E-state index contributed by atoms with van der Waals surface area (Å²) in [7, 11) is 2.19. The highest BCUT2D eigenvalue weighted by atomic mass is 79.9. The highest BCUT2D eigenvalue weighted by Crippen LogP contribution is 2.31. The monoisotopic (exact) mass is 467 g/mol. The van der Waals surface area contributed by atoms with Crippen LogP contribution in [0.3, 0.4) is 0 Å². The van der Waals surface area contributed by atoms with Gasteiger partial charge in [-0.05, 0) is 42.8 Å². The molecule has 0 bridgehead atoms. The van der Waals surface area contributed by atoms with E-state index in [0.29, 0.717) is 0 Å². The molecule has 2 aromatic rings. The SMILES string of the molecule is CN1CCN(C2=Nc3ccc(Br)cc3CC=C2c2ccccc2)CC1.Cl.Cl. The van der Waals surface area contributed by atoms with Crippen LogP contribution in [0.4, 0.5) is 5.69 Å². The van der Waals surface area contributed by atoms with Crippen LogP contribution in [-0.2, 0) is 6.42 Å². The molecule has 2 aliphatic rings. The Morgan fingerprint density at radius 2 is 1.63 bits per heavy atom. The first-order valence-electron chi connectivity index (χ1n) is 8.77. The third kappa shape index (κ3) is 4.94. The first kappa shape index (κ1) is 22.0. The zero-order valence-corrected chi connectivity index (χ0v) is 18.5. The van der Waals surface area contributed by atoms with E-state index in [-0.39, 0.29) is 24.8 Å². The van der Waals surface area contributed by atoms with Crippen molar-refractivity contribution < 1.29 is 0 Å². The maximum atomic E-state index is 5.12. The lowest BCUT2D eigenvalue weighted by Crippen LogP contribution is -2.47. The second-order valence-corrected chi connectivity index (χ2v) is 7.60. The van der Waals surface area contributed by atoms with Crippen LogP contribution >= 0.6 is 40.7 Å². The fraction of sp³-hybridized carbons (Fsp3) is 0.286. The lowest BCUT2D eigenvalue weighted by atomic mass is 10.0. The van der Waals surface area contributed by atoms with Gasteiger partial charge in [0.2, 0.25) is 0 Å². The Hall–Kier alpha value is -1.33. The second-order valence-electron chi connectivity index (χ2n) is 6.69. The molecule has 0 N–H and O–H groups in total. The van der Waals surface area contributed by atoms with Gasteiger partial charge in [-0.3, -0.25) is 0 Å². The molecule has 1 fully saturated rings. The largest absolute Gasteiger partial charge is 0.354 e. The number of halogens is 3. The topological polar surface area (TPSA) is 18.8 Å². The Morgan fingerprint density at radius 3 is 2.33 bits per heavy atom. The standard InChI is InChI=1S/C21H22BrN3.2ClH/c1-24-11-13-25(14-12-24)21-19(16-5-3-2-4-6-16)9-7-17-15-18(22)8-10-20(17)23-21;;/h2-6,8-10,15H,7,11-14H2,1H3;2*1H. The van der Waals surface area contributed by atoms with Crippen LogP contribution in [-0.4, -0.2) is 48.9 Å². The van der Waals surface area contributed by atoms with Crippen molar-refractivity contribution in [2.45, 2.75) is 6.42 Å². The fourth-order valence-electron chi connectivity index (χ4n) is 3.43. The number of nitrogens with zero attached hydrogens (tertiary/aromatic N) is 3. The van der Waals surface area contributed by atoms with E-state index >= 15 is 0 Å². The number of fused-ring (bicyclic) bond motifs is 1. The number of hydrogen-bond acceptors (Lipinski definition) is 3. The van der Waals surface area contributed by atoms with E-state index in [0.717, 1.165) is 48.6 Å². The molecule has 2 aromatic carbocycles. The summed E-state index contributed by atoms with van der Waals surface area (Å²) in [4.78, 5) is 9.94. The zero-order valence-electron chi connectivity index (χ0n) is 15.3. The van der Waals surface area contributed by atoms with E-state index in [9.17, 15) is 0 Å². The Labute approximate surface area is 182 Å². The quantitative estimate of drug-likeness (QED) is 0.572. The van der Waals surface area contributed by atoms with Gasteiger partial charge in [0.15, 0.2) is 0 Å². The molecule has 4 rings (SSSR count). The molecule has 0 atom stereocenters. The van der Waals surface area contributed by atoms with Crippen molar-refractivity contribution in [2.24, 2.45) is 4.99 Å². The van der Waals surface area contributed by atoms with E-state index in [2.05, 4.69) is 87.4 Å². The number of amidine groups is 1. The van der Waals surface area contributed by atoms with Gasteiger partial charge in [-0.1, -0.05) is 52.3 Å². The van der Waals surface area contributed by atoms with E-state index in [1.807, 2.05) is 0 Å². The summed E-state index contributed by atoms with van der Waals surface area (Å²) in [5.74, 6) is 1.11. The van der Waals surface area contributed by atoms with Gasteiger partial charge in [-0.2, -0.15) is 0 Å². The summed E-state index contributed by atoms with van der Waals surface area (Å²) in [6.07, 6.45) is 3.24. The normalized spacial score (nSPS) is 16.9. The van der Waals surface area contributed by atoms with Crippen LogP contribution in [0.15, 0.2) is 64.1 Å². The molecule has 0 spiro atoms. The molecule has 2 heterocycles. The fourth-order valence-corrected chi connectivity index (χ4v) is 3.84. The average molecular weight is 469 g/mol. The average Bonchev–Trinajstić information content (AvgIpc) is 2.82. The van der Waals surface area contributed by atoms with E-state index in [1.165, 1.54) is 16.7 Å². The van der Waals surface area contributed by atoms with Crippen molar-refractivity contribution in [1.82, 2.24) is 9.80 Å². The van der Waals surface area contributed by atoms with Gasteiger partial charge in [0.1, 0.15) is 5.84 Å². The lowest BCUT2D eigenvalue weighted by molar-refractivity contribution is 0.216. The summed E-state index contributed by atoms with van der Waals surface area (Å²) in [6, 6.07) is 17.0. The molecule has 0 saturated carbocycles. The Morgan fingerprint density at radius 1 is 0.926 bits per heavy atom. The van der Waals surface area contributed by atoms with Crippen LogP contribution in [0.1, 0.15) is 11.1 Å². The molecule has 0 radical (unpaired) electrons. The lowest BCUT2D eigenvalue weighted by Gasteiger charge is -2.35. The Balaban J connectivity index is 0.00000131. The van der Waals surface area contributed by atoms with Crippen LogP contribution in [0.25, 0.3) is 5.57 Å². The molecule has 0 amide bonds. The number of aliphatic imine (C=N–C) groups is 1. The highest BCUT2D eigenvalue weighted by Gasteiger charge is 2.23. The van der Waals surface area contributed by atoms with E-state index < -0.39 is 0 Å². The van der Waals surface area contributed by atoms with Crippen molar-refractivity contribution in [3.8, 4) is 0 Å². The van der Waals surface area contributed by atoms with Crippen LogP contribution < -0.4 is 0 Å². The minimum absolute atomic E-state index is 0. The molecule has 0 aromatic heterocycles. The minimum atomic E-state index is 0. The third-order valence-corrected chi connectivity index (χ3v) is 5.42. The predicted molar refractivity (Wildman–Crippen MR) is 123 cm³/mol. The minimum Gasteiger partial charge on any atom is -0.354 e. The maximum Gasteiger partial charge on any atom is 0.136 e. The molecule has 0 aliphatic carbocycles. The zero-order chi connectivity index (χ0) is 17.2. The van der Waals surface area contributed by atoms with Gasteiger partial charge in [0.25, 0.3) is 0 Å². The summed E-state index contributed by atoms with van der Waals surface area (Å²) in [5, 5.41) is 0. The first-order chi connectivity index (χ1) is 12.2. The number of hydrogen-bond donors (Lipinski definition) is 0. The Kier molecular flexibility index (Phi) is 7.92. The number of rotatable bonds is 1. The summed E-state index contributed by atoms with van der Waals surface area (Å²) < 4.78 is 1.11. The van der Waals surface area contributed by atoms with Crippen LogP contribution in [0, 0.1) is 0 Å². The van der Waals surface area contributed by atoms with Crippen molar-refractivity contribution in [3.63, 3.8) is 0 Å². The van der Waals surface area contributed by atoms with Crippen molar-refractivity contribution in [3.05, 3.63) is 70.2 Å². The molecule has 2 aliphatic heterocycles. The highest BCUT2D eigenvalue weighted by molar-refractivity contribution is 9.10. The molecule has 1 saturated heterocycles. The van der Waals surface area contributed by atoms with Gasteiger partial charge in [-0.15, -0.1) is 24.8 Å². The Bertz CT molecular complexity index is 829. The molecule has 6 heteroatoms. The van der Waals surface area contributed by atoms with Gasteiger partial charge in [0.05, 0.1) is 5.69 Å². The van der Waals surface area contributed by atoms with Crippen molar-refractivity contribution in [1.29, 1.82) is 0 Å². The van der Waals surface area contributed by atoms with Crippen molar-refractivity contribution >= 4 is 57.8 Å². The van der Waals surface area contributed by atoms with E-state index in [4.69, 9.17) is 4.99 Å². The first-order valence-corrected chi connectivity index (χ1v) is 9.56. The molecule has 3 nitrogen and oxygen atoms in total. The molecular weight excluding hydrogens is 445 g/mol. The third-order valence-electron chi connectivity index (χ3n) is 4.92. The molecule has 144 valence electrons. The van der Waals surface area contributed by atoms with Gasteiger partial charge in [0, 0.05) is 36.2 Å². The van der Waals surface area contributed by atoms with Crippen molar-refractivity contribution in [2.75, 3.05) is 33.2 Å². The number of piperazine rings is 1. The van der Waals surface area contributed by atoms with Gasteiger partial charge in [-0.25, -0.2) is 4.99 Å². The van der Waals surface area contributed by atoms with Gasteiger partial charge < -0.3 is 9.80 Å². The number of likely N-dealkylation sites (N-methyl/N-ethyl adjacent to an activating group) is 1. The van der Waals surface area contributed by atoms with E-state index in [1.54, 1.807) is 0 Å². The summed E-state index contributed by atoms with van der Waals surface area (Å²) in [6.45, 7) is 4.19. The summed E-state index contributed by atoms with van der Waals surface area (Å²) in [5.41, 5.74) is 4.84. The molecule has 27 heavy (non-hydrogen) atoms. The molecular formula is C21H24BrCl2N3. The predicted octanol–water partition coefficient (Wildman–Crippen LogP) is 5.21. The number of benzene rings is 2. The van der Waals surface area contributed by atoms with Gasteiger partial charge >= 0.3 is 0 Å². The summed E-state index contributed by atoms with van der Waals surface area (Å²) >= 11 is 3.59.